The van der Waals surface area contributed by atoms with Gasteiger partial charge in [0.25, 0.3) is 0 Å². The zero-order valence-electron chi connectivity index (χ0n) is 11.7. The van der Waals surface area contributed by atoms with E-state index < -0.39 is 10.0 Å². The van der Waals surface area contributed by atoms with Crippen LogP contribution in [0.4, 0.5) is 4.39 Å². The van der Waals surface area contributed by atoms with Crippen molar-refractivity contribution in [1.29, 1.82) is 0 Å². The number of hydrogen-bond acceptors (Lipinski definition) is 2. The van der Waals surface area contributed by atoms with Crippen LogP contribution in [0.15, 0.2) is 53.9 Å². The lowest BCUT2D eigenvalue weighted by atomic mass is 10.1. The molecule has 0 saturated heterocycles. The molecule has 0 radical (unpaired) electrons. The summed E-state index contributed by atoms with van der Waals surface area (Å²) in [6, 6.07) is 13.1. The van der Waals surface area contributed by atoms with Crippen molar-refractivity contribution in [2.45, 2.75) is 6.42 Å². The molecule has 0 aliphatic rings. The van der Waals surface area contributed by atoms with Gasteiger partial charge in [-0.25, -0.2) is 17.5 Å². The first-order valence-electron chi connectivity index (χ1n) is 6.63. The molecule has 0 aromatic heterocycles. The first-order valence-corrected chi connectivity index (χ1v) is 8.55. The quantitative estimate of drug-likeness (QED) is 0.873. The Morgan fingerprint density at radius 1 is 1.09 bits per heavy atom. The van der Waals surface area contributed by atoms with Crippen LogP contribution in [0.1, 0.15) is 11.1 Å². The van der Waals surface area contributed by atoms with Crippen molar-refractivity contribution in [2.24, 2.45) is 0 Å². The van der Waals surface area contributed by atoms with E-state index in [1.807, 2.05) is 0 Å². The highest BCUT2D eigenvalue weighted by Gasteiger charge is 2.06. The van der Waals surface area contributed by atoms with E-state index in [4.69, 9.17) is 11.6 Å². The summed E-state index contributed by atoms with van der Waals surface area (Å²) in [5, 5.41) is 1.67. The molecule has 0 atom stereocenters. The van der Waals surface area contributed by atoms with E-state index in [0.717, 1.165) is 11.0 Å². The Labute approximate surface area is 134 Å². The maximum atomic E-state index is 13.4. The van der Waals surface area contributed by atoms with Crippen molar-refractivity contribution in [3.63, 3.8) is 0 Å². The lowest BCUT2D eigenvalue weighted by Crippen LogP contribution is -2.23. The molecule has 0 amide bonds. The van der Waals surface area contributed by atoms with Gasteiger partial charge in [0, 0.05) is 17.0 Å². The van der Waals surface area contributed by atoms with Crippen LogP contribution in [0.5, 0.6) is 0 Å². The molecule has 0 heterocycles. The van der Waals surface area contributed by atoms with E-state index >= 15 is 0 Å². The molecule has 6 heteroatoms. The van der Waals surface area contributed by atoms with E-state index in [1.54, 1.807) is 42.5 Å². The van der Waals surface area contributed by atoms with Crippen LogP contribution >= 0.6 is 11.6 Å². The van der Waals surface area contributed by atoms with E-state index in [1.165, 1.54) is 12.1 Å². The summed E-state index contributed by atoms with van der Waals surface area (Å²) in [6.07, 6.45) is 1.77. The first-order chi connectivity index (χ1) is 10.5. The normalized spacial score (nSPS) is 11.9. The Bertz CT molecular complexity index is 758. The third-order valence-corrected chi connectivity index (χ3v) is 4.32. The van der Waals surface area contributed by atoms with Crippen molar-refractivity contribution in [3.05, 3.63) is 75.9 Å². The molecule has 1 N–H and O–H groups in total. The Morgan fingerprint density at radius 3 is 2.45 bits per heavy atom. The fraction of sp³-hybridized carbons (Fsp3) is 0.125. The second kappa shape index (κ2) is 7.54. The standard InChI is InChI=1S/C16H15ClFNO2S/c17-15-7-5-13(6-8-15)10-12-22(20,21)19-11-9-14-3-1-2-4-16(14)18/h1-8,10,12,19H,9,11H2/b12-10+. The number of benzene rings is 2. The largest absolute Gasteiger partial charge is 0.233 e. The van der Waals surface area contributed by atoms with E-state index in [0.29, 0.717) is 17.0 Å². The summed E-state index contributed by atoms with van der Waals surface area (Å²) in [7, 11) is -3.56. The molecule has 0 bridgehead atoms. The molecule has 0 fully saturated rings. The van der Waals surface area contributed by atoms with Crippen LogP contribution in [-0.2, 0) is 16.4 Å². The molecule has 0 unspecified atom stereocenters. The molecule has 0 aliphatic heterocycles. The van der Waals surface area contributed by atoms with Crippen LogP contribution in [0.25, 0.3) is 6.08 Å². The lowest BCUT2D eigenvalue weighted by molar-refractivity contribution is 0.585. The Morgan fingerprint density at radius 2 is 1.77 bits per heavy atom. The first kappa shape index (κ1) is 16.7. The number of nitrogens with one attached hydrogen (secondary N) is 1. The minimum atomic E-state index is -3.56. The number of hydrogen-bond donors (Lipinski definition) is 1. The molecule has 2 aromatic carbocycles. The molecule has 116 valence electrons. The van der Waals surface area contributed by atoms with Gasteiger partial charge < -0.3 is 0 Å². The Hall–Kier alpha value is -1.69. The van der Waals surface area contributed by atoms with Crippen LogP contribution in [0.3, 0.4) is 0 Å². The van der Waals surface area contributed by atoms with Crippen LogP contribution in [-0.4, -0.2) is 15.0 Å². The zero-order valence-corrected chi connectivity index (χ0v) is 13.2. The lowest BCUT2D eigenvalue weighted by Gasteiger charge is -2.04. The van der Waals surface area contributed by atoms with Crippen molar-refractivity contribution < 1.29 is 12.8 Å². The van der Waals surface area contributed by atoms with E-state index in [-0.39, 0.29) is 12.4 Å². The van der Waals surface area contributed by atoms with Gasteiger partial charge in [-0.3, -0.25) is 0 Å². The maximum absolute atomic E-state index is 13.4. The van der Waals surface area contributed by atoms with Gasteiger partial charge in [0.05, 0.1) is 0 Å². The zero-order chi connectivity index (χ0) is 16.0. The fourth-order valence-electron chi connectivity index (χ4n) is 1.82. The van der Waals surface area contributed by atoms with Crippen molar-refractivity contribution in [1.82, 2.24) is 4.72 Å². The van der Waals surface area contributed by atoms with Gasteiger partial charge in [0.15, 0.2) is 0 Å². The second-order valence-electron chi connectivity index (χ2n) is 4.64. The third kappa shape index (κ3) is 5.26. The van der Waals surface area contributed by atoms with Gasteiger partial charge in [-0.2, -0.15) is 0 Å². The van der Waals surface area contributed by atoms with Crippen LogP contribution in [0, 0.1) is 5.82 Å². The molecule has 0 aliphatic carbocycles. The van der Waals surface area contributed by atoms with E-state index in [9.17, 15) is 12.8 Å². The fourth-order valence-corrected chi connectivity index (χ4v) is 2.76. The highest BCUT2D eigenvalue weighted by molar-refractivity contribution is 7.92. The predicted molar refractivity (Wildman–Crippen MR) is 87.5 cm³/mol. The molecule has 22 heavy (non-hydrogen) atoms. The Kier molecular flexibility index (Phi) is 5.71. The van der Waals surface area contributed by atoms with E-state index in [2.05, 4.69) is 4.72 Å². The summed E-state index contributed by atoms with van der Waals surface area (Å²) >= 11 is 5.76. The molecule has 0 spiro atoms. The number of halogens is 2. The summed E-state index contributed by atoms with van der Waals surface area (Å²) in [4.78, 5) is 0. The molecule has 2 aromatic rings. The summed E-state index contributed by atoms with van der Waals surface area (Å²) in [5.41, 5.74) is 1.20. The summed E-state index contributed by atoms with van der Waals surface area (Å²) < 4.78 is 39.5. The molecule has 0 saturated carbocycles. The van der Waals surface area contributed by atoms with Gasteiger partial charge in [0.2, 0.25) is 10.0 Å². The second-order valence-corrected chi connectivity index (χ2v) is 6.72. The summed E-state index contributed by atoms with van der Waals surface area (Å²) in [6.45, 7) is 0.133. The molecular formula is C16H15ClFNO2S. The van der Waals surface area contributed by atoms with Gasteiger partial charge >= 0.3 is 0 Å². The monoisotopic (exact) mass is 339 g/mol. The highest BCUT2D eigenvalue weighted by Crippen LogP contribution is 2.11. The topological polar surface area (TPSA) is 46.2 Å². The molecular weight excluding hydrogens is 325 g/mol. The minimum absolute atomic E-state index is 0.133. The van der Waals surface area contributed by atoms with Crippen LogP contribution in [0.2, 0.25) is 5.02 Å². The third-order valence-electron chi connectivity index (χ3n) is 2.97. The van der Waals surface area contributed by atoms with Crippen molar-refractivity contribution in [2.75, 3.05) is 6.54 Å². The van der Waals surface area contributed by atoms with Gasteiger partial charge in [-0.15, -0.1) is 0 Å². The molecule has 3 nitrogen and oxygen atoms in total. The van der Waals surface area contributed by atoms with Crippen LogP contribution < -0.4 is 4.72 Å². The van der Waals surface area contributed by atoms with Crippen molar-refractivity contribution in [3.8, 4) is 0 Å². The number of rotatable bonds is 6. The average Bonchev–Trinajstić information content (AvgIpc) is 2.49. The highest BCUT2D eigenvalue weighted by atomic mass is 35.5. The molecule has 2 rings (SSSR count). The summed E-state index contributed by atoms with van der Waals surface area (Å²) in [5.74, 6) is -0.335. The predicted octanol–water partition coefficient (Wildman–Crippen LogP) is 3.61. The van der Waals surface area contributed by atoms with Crippen molar-refractivity contribution >= 4 is 27.7 Å². The van der Waals surface area contributed by atoms with Gasteiger partial charge in [-0.05, 0) is 41.8 Å². The SMILES string of the molecule is O=S(=O)(/C=C/c1ccc(Cl)cc1)NCCc1ccccc1F. The van der Waals surface area contributed by atoms with Gasteiger partial charge in [-0.1, -0.05) is 41.9 Å². The number of sulfonamides is 1. The Balaban J connectivity index is 1.91. The maximum Gasteiger partial charge on any atom is 0.233 e. The average molecular weight is 340 g/mol. The van der Waals surface area contributed by atoms with Gasteiger partial charge in [0.1, 0.15) is 5.82 Å². The smallest absolute Gasteiger partial charge is 0.211 e. The minimum Gasteiger partial charge on any atom is -0.211 e.